The Kier molecular flexibility index (Phi) is 4.38. The third kappa shape index (κ3) is 2.81. The molecule has 4 unspecified atom stereocenters. The monoisotopic (exact) mass is 375 g/mol. The molecule has 144 valence electrons. The number of hydrogen-bond donors (Lipinski definition) is 1. The molecule has 1 N–H and O–H groups in total. The summed E-state index contributed by atoms with van der Waals surface area (Å²) in [4.78, 5) is 25.9. The molecular formula is C23H25N3O2. The first kappa shape index (κ1) is 17.4. The molecule has 3 aliphatic rings. The van der Waals surface area contributed by atoms with E-state index in [9.17, 15) is 9.59 Å². The summed E-state index contributed by atoms with van der Waals surface area (Å²) in [6.07, 6.45) is 10.6. The number of carbonyl (C=O) groups is 2. The van der Waals surface area contributed by atoms with Gasteiger partial charge in [0.25, 0.3) is 5.91 Å². The van der Waals surface area contributed by atoms with E-state index in [2.05, 4.69) is 10.5 Å². The van der Waals surface area contributed by atoms with Gasteiger partial charge < -0.3 is 4.57 Å². The zero-order chi connectivity index (χ0) is 19.1. The molecule has 28 heavy (non-hydrogen) atoms. The summed E-state index contributed by atoms with van der Waals surface area (Å²) < 4.78 is 1.91. The zero-order valence-corrected chi connectivity index (χ0v) is 15.9. The van der Waals surface area contributed by atoms with Crippen LogP contribution in [-0.4, -0.2) is 22.0 Å². The highest BCUT2D eigenvalue weighted by Crippen LogP contribution is 2.51. The average molecular weight is 375 g/mol. The van der Waals surface area contributed by atoms with Crippen LogP contribution in [0.1, 0.15) is 48.9 Å². The van der Waals surface area contributed by atoms with Crippen LogP contribution in [0.2, 0.25) is 0 Å². The number of carbonyl (C=O) groups excluding carboxylic acids is 2. The molecule has 0 aliphatic heterocycles. The number of hydrazone groups is 1. The highest BCUT2D eigenvalue weighted by molar-refractivity contribution is 6.43. The summed E-state index contributed by atoms with van der Waals surface area (Å²) in [6, 6.07) is 11.3. The van der Waals surface area contributed by atoms with Gasteiger partial charge in [0, 0.05) is 24.2 Å². The summed E-state index contributed by atoms with van der Waals surface area (Å²) in [5, 5.41) is 4.41. The predicted octanol–water partition coefficient (Wildman–Crippen LogP) is 3.98. The third-order valence-electron chi connectivity index (χ3n) is 6.90. The van der Waals surface area contributed by atoms with Crippen LogP contribution >= 0.6 is 0 Å². The summed E-state index contributed by atoms with van der Waals surface area (Å²) in [7, 11) is 0. The van der Waals surface area contributed by atoms with Crippen molar-refractivity contribution in [3.63, 3.8) is 0 Å². The molecule has 0 spiro atoms. The van der Waals surface area contributed by atoms with Gasteiger partial charge in [0.1, 0.15) is 5.71 Å². The molecule has 1 aromatic heterocycles. The smallest absolute Gasteiger partial charge is 0.273 e. The van der Waals surface area contributed by atoms with Crippen LogP contribution in [0, 0.1) is 23.7 Å². The Hall–Kier alpha value is -2.69. The largest absolute Gasteiger partial charge is 0.323 e. The molecule has 0 radical (unpaired) electrons. The van der Waals surface area contributed by atoms with E-state index >= 15 is 0 Å². The molecule has 5 nitrogen and oxygen atoms in total. The van der Waals surface area contributed by atoms with Crippen LogP contribution in [0.25, 0.3) is 5.69 Å². The van der Waals surface area contributed by atoms with Gasteiger partial charge in [0.2, 0.25) is 0 Å². The van der Waals surface area contributed by atoms with Crippen molar-refractivity contribution in [2.75, 3.05) is 0 Å². The molecule has 0 bridgehead atoms. The van der Waals surface area contributed by atoms with Gasteiger partial charge in [-0.25, -0.2) is 5.43 Å². The van der Waals surface area contributed by atoms with E-state index < -0.39 is 0 Å². The Morgan fingerprint density at radius 3 is 2.46 bits per heavy atom. The number of nitrogens with zero attached hydrogens (tertiary/aromatic N) is 2. The lowest BCUT2D eigenvalue weighted by Gasteiger charge is -2.39. The fraction of sp³-hybridized carbons (Fsp3) is 0.435. The van der Waals surface area contributed by atoms with Crippen LogP contribution in [0.4, 0.5) is 0 Å². The van der Waals surface area contributed by atoms with Crippen LogP contribution in [0.15, 0.2) is 53.9 Å². The number of hydrogen-bond acceptors (Lipinski definition) is 3. The average Bonchev–Trinajstić information content (AvgIpc) is 3.36. The Labute approximate surface area is 164 Å². The molecule has 2 aromatic rings. The second kappa shape index (κ2) is 7.04. The second-order valence-corrected chi connectivity index (χ2v) is 8.32. The van der Waals surface area contributed by atoms with Crippen molar-refractivity contribution in [1.29, 1.82) is 0 Å². The van der Waals surface area contributed by atoms with E-state index in [4.69, 9.17) is 0 Å². The van der Waals surface area contributed by atoms with Crippen LogP contribution < -0.4 is 5.43 Å². The summed E-state index contributed by atoms with van der Waals surface area (Å²) >= 11 is 0. The molecule has 1 heterocycles. The molecule has 3 aliphatic carbocycles. The van der Waals surface area contributed by atoms with Crippen LogP contribution in [-0.2, 0) is 4.79 Å². The summed E-state index contributed by atoms with van der Waals surface area (Å²) in [6.45, 7) is 0. The van der Waals surface area contributed by atoms with E-state index in [1.165, 1.54) is 12.8 Å². The van der Waals surface area contributed by atoms with Gasteiger partial charge in [-0.1, -0.05) is 37.8 Å². The molecule has 4 atom stereocenters. The number of nitrogens with one attached hydrogen (secondary N) is 1. The van der Waals surface area contributed by atoms with Crippen molar-refractivity contribution < 1.29 is 9.59 Å². The van der Waals surface area contributed by atoms with Crippen molar-refractivity contribution in [3.8, 4) is 5.69 Å². The van der Waals surface area contributed by atoms with E-state index in [0.29, 0.717) is 23.1 Å². The minimum absolute atomic E-state index is 0.131. The van der Waals surface area contributed by atoms with Gasteiger partial charge in [-0.05, 0) is 48.9 Å². The SMILES string of the molecule is O=C(N/N=C1/C(=O)C2CCCC3CCCC1C32)c1ccccc1-n1cccc1. The van der Waals surface area contributed by atoms with Gasteiger partial charge >= 0.3 is 0 Å². The van der Waals surface area contributed by atoms with Crippen LogP contribution in [0.5, 0.6) is 0 Å². The van der Waals surface area contributed by atoms with Crippen molar-refractivity contribution >= 4 is 17.4 Å². The molecule has 1 aromatic carbocycles. The molecule has 5 heteroatoms. The number of Topliss-reactive ketones (excluding diaryl/α,β-unsaturated/α-hetero) is 1. The quantitative estimate of drug-likeness (QED) is 0.825. The normalized spacial score (nSPS) is 30.3. The first-order chi connectivity index (χ1) is 13.7. The Bertz CT molecular complexity index is 929. The summed E-state index contributed by atoms with van der Waals surface area (Å²) in [5.41, 5.74) is 4.67. The highest BCUT2D eigenvalue weighted by Gasteiger charge is 2.53. The van der Waals surface area contributed by atoms with E-state index in [1.54, 1.807) is 6.07 Å². The van der Waals surface area contributed by atoms with Crippen molar-refractivity contribution in [2.24, 2.45) is 28.8 Å². The summed E-state index contributed by atoms with van der Waals surface area (Å²) in [5.74, 6) is 1.40. The molecule has 3 saturated carbocycles. The number of benzene rings is 1. The standard InChI is InChI=1S/C23H25N3O2/c27-22-18-11-6-8-15-7-5-10-17(20(15)18)21(22)24-25-23(28)16-9-1-2-12-19(16)26-13-3-4-14-26/h1-4,9,12-15,17-18,20H,5-8,10-11H2,(H,25,28)/b24-21+. The maximum Gasteiger partial charge on any atom is 0.273 e. The lowest BCUT2D eigenvalue weighted by molar-refractivity contribution is -0.118. The third-order valence-corrected chi connectivity index (χ3v) is 6.90. The van der Waals surface area contributed by atoms with Crippen molar-refractivity contribution in [1.82, 2.24) is 9.99 Å². The number of para-hydroxylation sites is 1. The molecule has 1 amide bonds. The predicted molar refractivity (Wildman–Crippen MR) is 107 cm³/mol. The Balaban J connectivity index is 1.41. The first-order valence-electron chi connectivity index (χ1n) is 10.4. The maximum absolute atomic E-state index is 13.0. The molecule has 0 saturated heterocycles. The van der Waals surface area contributed by atoms with Gasteiger partial charge in [-0.15, -0.1) is 0 Å². The van der Waals surface area contributed by atoms with Gasteiger partial charge in [0.15, 0.2) is 5.78 Å². The van der Waals surface area contributed by atoms with Gasteiger partial charge in [-0.2, -0.15) is 5.10 Å². The fourth-order valence-electron chi connectivity index (χ4n) is 5.74. The minimum Gasteiger partial charge on any atom is -0.323 e. The molecule has 3 fully saturated rings. The topological polar surface area (TPSA) is 63.5 Å². The Morgan fingerprint density at radius 1 is 0.964 bits per heavy atom. The number of ketones is 1. The highest BCUT2D eigenvalue weighted by atomic mass is 16.2. The van der Waals surface area contributed by atoms with E-state index in [0.717, 1.165) is 31.4 Å². The Morgan fingerprint density at radius 2 is 1.68 bits per heavy atom. The van der Waals surface area contributed by atoms with Gasteiger partial charge in [0.05, 0.1) is 11.3 Å². The number of aromatic nitrogens is 1. The van der Waals surface area contributed by atoms with Crippen LogP contribution in [0.3, 0.4) is 0 Å². The maximum atomic E-state index is 13.0. The zero-order valence-electron chi connectivity index (χ0n) is 15.9. The molecule has 5 rings (SSSR count). The first-order valence-corrected chi connectivity index (χ1v) is 10.4. The van der Waals surface area contributed by atoms with E-state index in [1.807, 2.05) is 47.3 Å². The number of amides is 1. The fourth-order valence-corrected chi connectivity index (χ4v) is 5.74. The minimum atomic E-state index is -0.271. The lowest BCUT2D eigenvalue weighted by atomic mass is 9.65. The number of rotatable bonds is 3. The van der Waals surface area contributed by atoms with Crippen molar-refractivity contribution in [3.05, 3.63) is 54.4 Å². The second-order valence-electron chi connectivity index (χ2n) is 8.32. The van der Waals surface area contributed by atoms with Crippen molar-refractivity contribution in [2.45, 2.75) is 38.5 Å². The van der Waals surface area contributed by atoms with E-state index in [-0.39, 0.29) is 23.5 Å². The van der Waals surface area contributed by atoms with Gasteiger partial charge in [-0.3, -0.25) is 9.59 Å². The molecular weight excluding hydrogens is 350 g/mol. The lowest BCUT2D eigenvalue weighted by Crippen LogP contribution is -2.33.